The molecule has 17 heteroatoms. The van der Waals surface area contributed by atoms with Gasteiger partial charge in [0.15, 0.2) is 12.4 Å². The van der Waals surface area contributed by atoms with Crippen LogP contribution in [0.4, 0.5) is 30.5 Å². The Morgan fingerprint density at radius 3 is 2.43 bits per heavy atom. The predicted octanol–water partition coefficient (Wildman–Crippen LogP) is 5.57. The number of esters is 1. The van der Waals surface area contributed by atoms with E-state index in [9.17, 15) is 22.8 Å². The fraction of sp³-hybridized carbons (Fsp3) is 0.235. The normalized spacial score (nSPS) is 11.4. The van der Waals surface area contributed by atoms with Crippen molar-refractivity contribution < 1.29 is 45.0 Å². The van der Waals surface area contributed by atoms with Gasteiger partial charge in [0.1, 0.15) is 0 Å². The molecular weight excluding hydrogens is 691 g/mol. The number of aromatic nitrogens is 5. The van der Waals surface area contributed by atoms with Gasteiger partial charge in [-0.3, -0.25) is 9.59 Å². The Morgan fingerprint density at radius 1 is 1.06 bits per heavy atom. The number of ether oxygens (including phenoxy) is 1. The molecule has 5 rings (SSSR count). The number of benzene rings is 2. The number of carbonyl (C=O) groups excluding carboxylic acids is 2. The molecule has 5 aromatic rings. The Bertz CT molecular complexity index is 2150. The smallest absolute Gasteiger partial charge is 0.416 e. The van der Waals surface area contributed by atoms with E-state index in [-0.39, 0.29) is 41.5 Å². The van der Waals surface area contributed by atoms with E-state index in [1.165, 1.54) is 17.0 Å². The molecule has 0 saturated carbocycles. The van der Waals surface area contributed by atoms with Crippen LogP contribution >= 0.6 is 0 Å². The minimum absolute atomic E-state index is 0.0219. The fourth-order valence-electron chi connectivity index (χ4n) is 4.42. The number of pyridine rings is 1. The highest BCUT2D eigenvalue weighted by Crippen LogP contribution is 2.33. The van der Waals surface area contributed by atoms with E-state index in [2.05, 4.69) is 25.6 Å². The average Bonchev–Trinajstić information content (AvgIpc) is 3.49. The van der Waals surface area contributed by atoms with Crippen molar-refractivity contribution in [1.82, 2.24) is 19.5 Å². The molecule has 1 amide bonds. The summed E-state index contributed by atoms with van der Waals surface area (Å²) < 4.78 is 76.8. The summed E-state index contributed by atoms with van der Waals surface area (Å²) in [6, 6.07) is 13.6. The van der Waals surface area contributed by atoms with Gasteiger partial charge in [-0.15, -0.1) is 0 Å². The molecule has 3 heterocycles. The Balaban J connectivity index is 0.00000109. The third-order valence-corrected chi connectivity index (χ3v) is 6.90. The molecule has 0 bridgehead atoms. The van der Waals surface area contributed by atoms with Crippen LogP contribution in [0.15, 0.2) is 85.7 Å². The van der Waals surface area contributed by atoms with E-state index in [1.54, 1.807) is 74.4 Å². The van der Waals surface area contributed by atoms with Crippen LogP contribution in [0.25, 0.3) is 16.9 Å². The number of hydrogen-bond donors (Lipinski definition) is 2. The molecule has 0 saturated heterocycles. The third-order valence-electron chi connectivity index (χ3n) is 6.90. The number of nitrogens with one attached hydrogen (secondary N) is 2. The van der Waals surface area contributed by atoms with Gasteiger partial charge >= 0.3 is 12.1 Å². The zero-order valence-electron chi connectivity index (χ0n) is 28.1. The van der Waals surface area contributed by atoms with Gasteiger partial charge in [0.25, 0.3) is 12.6 Å². The molecule has 0 aliphatic carbocycles. The number of carbonyl (C=O) groups is 2. The zero-order chi connectivity index (χ0) is 37.5. The van der Waals surface area contributed by atoms with E-state index >= 15 is 0 Å². The maximum absolute atomic E-state index is 13.7. The Kier molecular flexibility index (Phi) is 11.9. The number of amides is 1. The molecule has 0 unspecified atom stereocenters. The largest absolute Gasteiger partial charge is 0.748 e. The first kappa shape index (κ1) is 38.1. The summed E-state index contributed by atoms with van der Waals surface area (Å²) in [6.45, 7) is 7.14. The van der Waals surface area contributed by atoms with Gasteiger partial charge in [0.05, 0.1) is 44.9 Å². The minimum Gasteiger partial charge on any atom is -0.748 e. The molecular formula is C34H34F3N7O6S. The van der Waals surface area contributed by atoms with Crippen molar-refractivity contribution in [3.63, 3.8) is 0 Å². The molecule has 2 N–H and O–H groups in total. The molecule has 0 atom stereocenters. The van der Waals surface area contributed by atoms with E-state index in [0.29, 0.717) is 23.3 Å². The molecule has 0 spiro atoms. The first-order valence-electron chi connectivity index (χ1n) is 15.2. The number of halogens is 3. The van der Waals surface area contributed by atoms with Crippen molar-refractivity contribution in [3.05, 3.63) is 108 Å². The molecule has 51 heavy (non-hydrogen) atoms. The Hall–Kier alpha value is -5.68. The quantitative estimate of drug-likeness (QED) is 0.111. The maximum Gasteiger partial charge on any atom is 0.416 e. The lowest BCUT2D eigenvalue weighted by Crippen LogP contribution is -2.36. The standard InChI is InChI=1S/C33H30F3N7O3.CH4O3S/c1-20(2)31(45)46-19-42-11-5-6-24(17-42)28-9-10-37-32(40-28)41-29-12-23(8-7-21(29)3)30(44)39-26-13-25(33(34,35)36)14-27(15-26)43-16-22(4)38-18-43;1-5(2,3)4/h5-18,20H,19H2,1-4H3,(H-,37,39,40,41,44);1H3,(H,2,3,4). The third kappa shape index (κ3) is 11.4. The van der Waals surface area contributed by atoms with E-state index in [1.807, 2.05) is 19.1 Å². The van der Waals surface area contributed by atoms with Crippen LogP contribution < -0.4 is 15.2 Å². The van der Waals surface area contributed by atoms with Crippen LogP contribution in [0.2, 0.25) is 0 Å². The van der Waals surface area contributed by atoms with Crippen molar-refractivity contribution in [2.24, 2.45) is 5.92 Å². The number of hydrogen-bond acceptors (Lipinski definition) is 10. The number of rotatable bonds is 9. The second-order valence-corrected chi connectivity index (χ2v) is 13.0. The highest BCUT2D eigenvalue weighted by Gasteiger charge is 2.31. The van der Waals surface area contributed by atoms with Crippen LogP contribution in [0, 0.1) is 19.8 Å². The maximum atomic E-state index is 13.7. The van der Waals surface area contributed by atoms with Crippen molar-refractivity contribution in [2.75, 3.05) is 16.9 Å². The molecule has 2 aromatic carbocycles. The van der Waals surface area contributed by atoms with Crippen LogP contribution in [0.1, 0.15) is 41.0 Å². The Morgan fingerprint density at radius 2 is 1.78 bits per heavy atom. The number of anilines is 3. The fourth-order valence-corrected chi connectivity index (χ4v) is 4.42. The van der Waals surface area contributed by atoms with Gasteiger partial charge in [-0.05, 0) is 61.9 Å². The van der Waals surface area contributed by atoms with Gasteiger partial charge in [0, 0.05) is 47.3 Å². The molecule has 0 aliphatic heterocycles. The zero-order valence-corrected chi connectivity index (χ0v) is 28.9. The molecule has 268 valence electrons. The van der Waals surface area contributed by atoms with Gasteiger partial charge in [0.2, 0.25) is 5.95 Å². The van der Waals surface area contributed by atoms with E-state index < -0.39 is 27.8 Å². The van der Waals surface area contributed by atoms with Gasteiger partial charge < -0.3 is 24.5 Å². The lowest BCUT2D eigenvalue weighted by molar-refractivity contribution is -0.727. The van der Waals surface area contributed by atoms with Crippen LogP contribution in [-0.2, 0) is 32.6 Å². The summed E-state index contributed by atoms with van der Waals surface area (Å²) >= 11 is 0. The van der Waals surface area contributed by atoms with Crippen LogP contribution in [0.3, 0.4) is 0 Å². The number of aryl methyl sites for hydroxylation is 2. The van der Waals surface area contributed by atoms with Crippen molar-refractivity contribution in [3.8, 4) is 16.9 Å². The second kappa shape index (κ2) is 15.9. The van der Waals surface area contributed by atoms with Crippen LogP contribution in [-0.4, -0.2) is 50.6 Å². The second-order valence-electron chi connectivity index (χ2n) is 11.6. The lowest BCUT2D eigenvalue weighted by Gasteiger charge is -2.14. The van der Waals surface area contributed by atoms with Crippen LogP contribution in [0.5, 0.6) is 0 Å². The van der Waals surface area contributed by atoms with Gasteiger partial charge in [-0.1, -0.05) is 19.9 Å². The summed E-state index contributed by atoms with van der Waals surface area (Å²) in [4.78, 5) is 38.1. The molecule has 0 fully saturated rings. The van der Waals surface area contributed by atoms with E-state index in [4.69, 9.17) is 17.7 Å². The van der Waals surface area contributed by atoms with Crippen molar-refractivity contribution >= 4 is 39.3 Å². The SMILES string of the molecule is CS(=O)(=O)[O-].Cc1cn(-c2cc(NC(=O)c3ccc(C)c(Nc4nccc(-c5ccc[n+](COC(=O)C(C)C)c5)n4)c3)cc(C(F)(F)F)c2)cn1. The first-order valence-corrected chi connectivity index (χ1v) is 17.0. The number of nitrogens with zero attached hydrogens (tertiary/aromatic N) is 5. The molecule has 3 aromatic heterocycles. The summed E-state index contributed by atoms with van der Waals surface area (Å²) in [5, 5.41) is 5.73. The lowest BCUT2D eigenvalue weighted by atomic mass is 10.1. The highest BCUT2D eigenvalue weighted by atomic mass is 32.2. The minimum atomic E-state index is -4.62. The van der Waals surface area contributed by atoms with Crippen molar-refractivity contribution in [1.29, 1.82) is 0 Å². The summed E-state index contributed by atoms with van der Waals surface area (Å²) in [6.07, 6.45) is 4.13. The number of imidazole rings is 1. The topological polar surface area (TPSA) is 172 Å². The highest BCUT2D eigenvalue weighted by molar-refractivity contribution is 7.84. The molecule has 13 nitrogen and oxygen atoms in total. The molecule has 0 aliphatic rings. The Labute approximate surface area is 291 Å². The molecule has 0 radical (unpaired) electrons. The van der Waals surface area contributed by atoms with Gasteiger partial charge in [-0.25, -0.2) is 23.4 Å². The summed E-state index contributed by atoms with van der Waals surface area (Å²) in [7, 11) is -3.92. The average molecular weight is 726 g/mol. The monoisotopic (exact) mass is 725 g/mol. The van der Waals surface area contributed by atoms with E-state index in [0.717, 1.165) is 23.3 Å². The summed E-state index contributed by atoms with van der Waals surface area (Å²) in [5.41, 5.74) is 2.79. The van der Waals surface area contributed by atoms with Crippen molar-refractivity contribution in [2.45, 2.75) is 40.6 Å². The van der Waals surface area contributed by atoms with Gasteiger partial charge in [-0.2, -0.15) is 17.7 Å². The number of alkyl halides is 3. The summed E-state index contributed by atoms with van der Waals surface area (Å²) in [5.74, 6) is -0.880. The predicted molar refractivity (Wildman–Crippen MR) is 180 cm³/mol. The first-order chi connectivity index (χ1) is 23.9.